The van der Waals surface area contributed by atoms with Crippen molar-refractivity contribution in [3.05, 3.63) is 24.5 Å². The zero-order chi connectivity index (χ0) is 11.8. The molecular weight excluding hydrogens is 311 g/mol. The maximum absolute atomic E-state index is 6.00. The number of hydrogen-bond donors (Lipinski definition) is 0. The number of nitrogens with zero attached hydrogens (tertiary/aromatic N) is 4. The summed E-state index contributed by atoms with van der Waals surface area (Å²) in [4.78, 5) is 8.69. The van der Waals surface area contributed by atoms with Gasteiger partial charge in [0.25, 0.3) is 0 Å². The predicted molar refractivity (Wildman–Crippen MR) is 76.1 cm³/mol. The largest absolute Gasteiger partial charge is 2.00 e. The third kappa shape index (κ3) is 3.73. The molecule has 0 aromatic carbocycles. The zero-order valence-electron chi connectivity index (χ0n) is 11.6. The van der Waals surface area contributed by atoms with Gasteiger partial charge in [-0.05, 0) is 26.2 Å². The smallest absolute Gasteiger partial charge is 1.00 e. The van der Waals surface area contributed by atoms with Crippen LogP contribution in [0.1, 0.15) is 31.2 Å². The summed E-state index contributed by atoms with van der Waals surface area (Å²) in [5, 5.41) is 4.74. The van der Waals surface area contributed by atoms with E-state index in [-0.39, 0.29) is 49.1 Å². The molecule has 5 nitrogen and oxygen atoms in total. The summed E-state index contributed by atoms with van der Waals surface area (Å²) in [6.07, 6.45) is 4.91. The Morgan fingerprint density at radius 3 is 2.75 bits per heavy atom. The molecule has 2 aromatic heterocycles. The van der Waals surface area contributed by atoms with Crippen molar-refractivity contribution in [3.63, 3.8) is 0 Å². The summed E-state index contributed by atoms with van der Waals surface area (Å²) in [6.45, 7) is 2.61. The fraction of sp³-hybridized carbons (Fsp3) is 0.500. The number of fused-ring (bicyclic) bond motifs is 1. The second-order valence-corrected chi connectivity index (χ2v) is 4.58. The Labute approximate surface area is 146 Å². The molecule has 2 aromatic rings. The summed E-state index contributed by atoms with van der Waals surface area (Å²) in [5.74, 6) is 0. The molecule has 20 heavy (non-hydrogen) atoms. The van der Waals surface area contributed by atoms with Gasteiger partial charge in [-0.3, -0.25) is 0 Å². The Balaban J connectivity index is 0.00000120. The molecule has 0 radical (unpaired) electrons. The second kappa shape index (κ2) is 8.34. The van der Waals surface area contributed by atoms with Gasteiger partial charge in [-0.25, -0.2) is 14.6 Å². The van der Waals surface area contributed by atoms with Crippen molar-refractivity contribution in [2.75, 3.05) is 6.61 Å². The average Bonchev–Trinajstić information content (AvgIpc) is 2.74. The summed E-state index contributed by atoms with van der Waals surface area (Å²) in [6, 6.07) is 0. The van der Waals surface area contributed by atoms with Crippen molar-refractivity contribution in [2.24, 2.45) is 0 Å². The van der Waals surface area contributed by atoms with Crippen LogP contribution in [0.15, 0.2) is 6.20 Å². The van der Waals surface area contributed by atoms with Crippen LogP contribution in [0.25, 0.3) is 11.2 Å². The Morgan fingerprint density at radius 1 is 1.35 bits per heavy atom. The quantitative estimate of drug-likeness (QED) is 0.526. The summed E-state index contributed by atoms with van der Waals surface area (Å²) in [5.41, 5.74) is 2.19. The molecular formula is C12H16Cl2MgN4O. The van der Waals surface area contributed by atoms with Crippen LogP contribution < -0.4 is 12.4 Å². The van der Waals surface area contributed by atoms with E-state index < -0.39 is 0 Å². The van der Waals surface area contributed by atoms with E-state index in [1.165, 1.54) is 0 Å². The minimum absolute atomic E-state index is 0. The first kappa shape index (κ1) is 19.9. The average molecular weight is 327 g/mol. The van der Waals surface area contributed by atoms with E-state index in [0.29, 0.717) is 10.8 Å². The molecule has 0 amide bonds. The Morgan fingerprint density at radius 2 is 2.10 bits per heavy atom. The zero-order valence-corrected chi connectivity index (χ0v) is 14.6. The van der Waals surface area contributed by atoms with E-state index in [0.717, 1.165) is 37.1 Å². The molecule has 0 bridgehead atoms. The molecule has 8 heteroatoms. The first-order chi connectivity index (χ1) is 8.25. The SMILES string of the molecule is Cc1nc2cnn(C3CCCCO3)c2nc1Cl.[CH3-].[Cl-].[Mg+2]. The molecule has 1 aliphatic heterocycles. The van der Waals surface area contributed by atoms with E-state index in [4.69, 9.17) is 16.3 Å². The van der Waals surface area contributed by atoms with Crippen LogP contribution in [0.3, 0.4) is 0 Å². The second-order valence-electron chi connectivity index (χ2n) is 4.22. The molecule has 1 unspecified atom stereocenters. The summed E-state index contributed by atoms with van der Waals surface area (Å²) < 4.78 is 7.47. The molecule has 3 rings (SSSR count). The minimum atomic E-state index is -0.0330. The third-order valence-corrected chi connectivity index (χ3v) is 3.33. The van der Waals surface area contributed by atoms with E-state index in [9.17, 15) is 0 Å². The van der Waals surface area contributed by atoms with Gasteiger partial charge in [0.05, 0.1) is 11.9 Å². The van der Waals surface area contributed by atoms with Gasteiger partial charge in [0.2, 0.25) is 0 Å². The van der Waals surface area contributed by atoms with Crippen molar-refractivity contribution in [1.82, 2.24) is 19.7 Å². The van der Waals surface area contributed by atoms with Gasteiger partial charge < -0.3 is 24.6 Å². The predicted octanol–water partition coefficient (Wildman–Crippen LogP) is -0.439. The summed E-state index contributed by atoms with van der Waals surface area (Å²) in [7, 11) is 0. The molecule has 1 atom stereocenters. The number of rotatable bonds is 1. The standard InChI is InChI=1S/C11H13ClN4O.CH3.ClH.Mg/c1-7-10(12)15-11-8(14-7)6-13-16(11)9-4-2-3-5-17-9;;;/h6,9H,2-5H2,1H3;1H3;1H;/q;-1;;+2/p-1. The normalized spacial score (nSPS) is 17.8. The van der Waals surface area contributed by atoms with Crippen LogP contribution in [0.5, 0.6) is 0 Å². The van der Waals surface area contributed by atoms with E-state index in [2.05, 4.69) is 15.1 Å². The van der Waals surface area contributed by atoms with Crippen LogP contribution in [-0.2, 0) is 4.74 Å². The number of ether oxygens (including phenoxy) is 1. The molecule has 0 N–H and O–H groups in total. The van der Waals surface area contributed by atoms with Gasteiger partial charge in [-0.15, -0.1) is 0 Å². The molecule has 106 valence electrons. The van der Waals surface area contributed by atoms with Gasteiger partial charge in [-0.1, -0.05) is 11.6 Å². The van der Waals surface area contributed by atoms with Gasteiger partial charge in [-0.2, -0.15) is 5.10 Å². The Bertz CT molecular complexity index is 558. The molecule has 0 aliphatic carbocycles. The van der Waals surface area contributed by atoms with Crippen LogP contribution in [0, 0.1) is 14.4 Å². The molecule has 1 aliphatic rings. The van der Waals surface area contributed by atoms with Gasteiger partial charge in [0.1, 0.15) is 5.52 Å². The van der Waals surface area contributed by atoms with Gasteiger partial charge in [0.15, 0.2) is 17.0 Å². The minimum Gasteiger partial charge on any atom is -1.00 e. The van der Waals surface area contributed by atoms with E-state index in [1.807, 2.05) is 6.92 Å². The van der Waals surface area contributed by atoms with Gasteiger partial charge in [0, 0.05) is 6.61 Å². The van der Waals surface area contributed by atoms with Gasteiger partial charge >= 0.3 is 23.1 Å². The number of aromatic nitrogens is 4. The van der Waals surface area contributed by atoms with Crippen LogP contribution in [0.4, 0.5) is 0 Å². The fourth-order valence-corrected chi connectivity index (χ4v) is 2.18. The number of aryl methyl sites for hydroxylation is 1. The first-order valence-electron chi connectivity index (χ1n) is 5.74. The van der Waals surface area contributed by atoms with E-state index >= 15 is 0 Å². The van der Waals surface area contributed by atoms with Crippen LogP contribution >= 0.6 is 11.6 Å². The summed E-state index contributed by atoms with van der Waals surface area (Å²) >= 11 is 6.00. The van der Waals surface area contributed by atoms with Crippen molar-refractivity contribution in [1.29, 1.82) is 0 Å². The topological polar surface area (TPSA) is 52.8 Å². The molecule has 0 saturated carbocycles. The van der Waals surface area contributed by atoms with Crippen molar-refractivity contribution < 1.29 is 17.1 Å². The molecule has 1 saturated heterocycles. The first-order valence-corrected chi connectivity index (χ1v) is 6.12. The maximum Gasteiger partial charge on any atom is 2.00 e. The Hall–Kier alpha value is -0.144. The fourth-order valence-electron chi connectivity index (χ4n) is 2.06. The number of halogens is 2. The molecule has 1 fully saturated rings. The Kier molecular flexibility index (Phi) is 8.28. The maximum atomic E-state index is 6.00. The molecule has 3 heterocycles. The van der Waals surface area contributed by atoms with Crippen molar-refractivity contribution in [3.8, 4) is 0 Å². The van der Waals surface area contributed by atoms with E-state index in [1.54, 1.807) is 10.9 Å². The van der Waals surface area contributed by atoms with Crippen LogP contribution in [0.2, 0.25) is 5.15 Å². The van der Waals surface area contributed by atoms with Crippen molar-refractivity contribution >= 4 is 45.8 Å². The monoisotopic (exact) mass is 326 g/mol. The van der Waals surface area contributed by atoms with Crippen LogP contribution in [-0.4, -0.2) is 49.4 Å². The number of hydrogen-bond acceptors (Lipinski definition) is 4. The van der Waals surface area contributed by atoms with Crippen molar-refractivity contribution in [2.45, 2.75) is 32.4 Å². The third-order valence-electron chi connectivity index (χ3n) is 2.97. The molecule has 0 spiro atoms.